The molecule has 122 valence electrons. The highest BCUT2D eigenvalue weighted by atomic mass is 16.5. The predicted octanol–water partition coefficient (Wildman–Crippen LogP) is 3.54. The lowest BCUT2D eigenvalue weighted by Gasteiger charge is -2.55. The summed E-state index contributed by atoms with van der Waals surface area (Å²) in [6, 6.07) is 6.21. The van der Waals surface area contributed by atoms with E-state index in [1.807, 2.05) is 13.0 Å². The minimum absolute atomic E-state index is 0.0754. The van der Waals surface area contributed by atoms with Crippen LogP contribution in [0.1, 0.15) is 50.2 Å². The fourth-order valence-electron chi connectivity index (χ4n) is 5.05. The quantitative estimate of drug-likeness (QED) is 0.863. The number of benzene rings is 1. The zero-order valence-corrected chi connectivity index (χ0v) is 13.9. The second-order valence-corrected chi connectivity index (χ2v) is 7.51. The smallest absolute Gasteiger partial charge is 0.141 e. The Morgan fingerprint density at radius 2 is 2.13 bits per heavy atom. The lowest BCUT2D eigenvalue weighted by atomic mass is 9.51. The van der Waals surface area contributed by atoms with E-state index in [9.17, 15) is 9.90 Å². The van der Waals surface area contributed by atoms with Crippen molar-refractivity contribution < 1.29 is 14.6 Å². The zero-order valence-electron chi connectivity index (χ0n) is 13.9. The summed E-state index contributed by atoms with van der Waals surface area (Å²) in [5.41, 5.74) is 2.27. The summed E-state index contributed by atoms with van der Waals surface area (Å²) in [5.74, 6) is 1.20. The molecule has 1 saturated carbocycles. The number of rotatable bonds is 1. The molecule has 0 saturated heterocycles. The molecular weight excluding hydrogens is 288 g/mol. The molecule has 1 aromatic rings. The number of hydrogen-bond donors (Lipinski definition) is 1. The topological polar surface area (TPSA) is 46.5 Å². The van der Waals surface area contributed by atoms with Gasteiger partial charge in [-0.25, -0.2) is 0 Å². The Hall–Kier alpha value is -1.61. The molecule has 23 heavy (non-hydrogen) atoms. The van der Waals surface area contributed by atoms with E-state index in [1.54, 1.807) is 7.11 Å². The molecule has 1 fully saturated rings. The number of hydrogen-bond acceptors (Lipinski definition) is 3. The number of allylic oxidation sites excluding steroid dienone is 1. The molecule has 3 unspecified atom stereocenters. The molecule has 4 rings (SSSR count). The van der Waals surface area contributed by atoms with Crippen LogP contribution in [0.4, 0.5) is 0 Å². The third-order valence-electron chi connectivity index (χ3n) is 6.54. The number of aryl methyl sites for hydroxylation is 1. The normalized spacial score (nSPS) is 35.7. The number of aliphatic hydroxyl groups is 1. The van der Waals surface area contributed by atoms with E-state index < -0.39 is 11.0 Å². The average Bonchev–Trinajstić information content (AvgIpc) is 2.56. The first-order chi connectivity index (χ1) is 11.0. The van der Waals surface area contributed by atoms with Crippen LogP contribution in [-0.2, 0) is 11.2 Å². The molecule has 3 aliphatic carbocycles. The molecule has 3 heteroatoms. The highest BCUT2D eigenvalue weighted by molar-refractivity contribution is 5.89. The van der Waals surface area contributed by atoms with Crippen LogP contribution in [0.5, 0.6) is 5.75 Å². The maximum absolute atomic E-state index is 12.6. The van der Waals surface area contributed by atoms with Crippen molar-refractivity contribution in [2.24, 2.45) is 11.3 Å². The summed E-state index contributed by atoms with van der Waals surface area (Å²) in [5, 5.41) is 11.6. The maximum Gasteiger partial charge on any atom is 0.141 e. The Kier molecular flexibility index (Phi) is 3.21. The molecule has 0 spiro atoms. The van der Waals surface area contributed by atoms with Crippen LogP contribution in [0, 0.1) is 11.3 Å². The van der Waals surface area contributed by atoms with Gasteiger partial charge in [0.15, 0.2) is 0 Å². The molecule has 1 N–H and O–H groups in total. The molecule has 0 heterocycles. The molecule has 3 atom stereocenters. The van der Waals surface area contributed by atoms with E-state index in [2.05, 4.69) is 18.2 Å². The average molecular weight is 312 g/mol. The second-order valence-electron chi connectivity index (χ2n) is 7.51. The standard InChI is InChI=1S/C20H24O3/c1-19-11-9-16-15-7-6-14(23-2)12-13(15)5-8-17(16)20(19,22)10-3-4-18(19)21/h6-7,9,12,17,22H,3-5,8,10-11H2,1-2H3. The summed E-state index contributed by atoms with van der Waals surface area (Å²) in [6.45, 7) is 1.98. The van der Waals surface area contributed by atoms with Crippen LogP contribution in [0.3, 0.4) is 0 Å². The molecule has 0 aliphatic heterocycles. The number of fused-ring (bicyclic) bond motifs is 5. The first-order valence-electron chi connectivity index (χ1n) is 8.62. The van der Waals surface area contributed by atoms with Gasteiger partial charge in [0.2, 0.25) is 0 Å². The number of Topliss-reactive ketones (excluding diaryl/α,β-unsaturated/α-hetero) is 1. The molecule has 3 aliphatic rings. The van der Waals surface area contributed by atoms with Gasteiger partial charge in [0.05, 0.1) is 18.1 Å². The highest BCUT2D eigenvalue weighted by Gasteiger charge is 2.59. The van der Waals surface area contributed by atoms with Crippen LogP contribution in [-0.4, -0.2) is 23.6 Å². The van der Waals surface area contributed by atoms with Crippen molar-refractivity contribution in [3.05, 3.63) is 35.4 Å². The summed E-state index contributed by atoms with van der Waals surface area (Å²) < 4.78 is 5.34. The van der Waals surface area contributed by atoms with Crippen molar-refractivity contribution >= 4 is 11.4 Å². The number of ether oxygens (including phenoxy) is 1. The summed E-state index contributed by atoms with van der Waals surface area (Å²) >= 11 is 0. The molecule has 0 aromatic heterocycles. The van der Waals surface area contributed by atoms with Crippen molar-refractivity contribution in [1.82, 2.24) is 0 Å². The molecular formula is C20H24O3. The minimum Gasteiger partial charge on any atom is -0.497 e. The van der Waals surface area contributed by atoms with E-state index in [0.29, 0.717) is 12.8 Å². The SMILES string of the molecule is COc1ccc2c(c1)CCC1C2=CCC2(C)C(=O)CCCC12O. The van der Waals surface area contributed by atoms with E-state index in [1.165, 1.54) is 16.7 Å². The predicted molar refractivity (Wildman–Crippen MR) is 89.3 cm³/mol. The van der Waals surface area contributed by atoms with Gasteiger partial charge >= 0.3 is 0 Å². The van der Waals surface area contributed by atoms with Crippen LogP contribution in [0.15, 0.2) is 24.3 Å². The van der Waals surface area contributed by atoms with Crippen LogP contribution in [0.2, 0.25) is 0 Å². The lowest BCUT2D eigenvalue weighted by Crippen LogP contribution is -2.60. The molecule has 0 amide bonds. The van der Waals surface area contributed by atoms with Crippen molar-refractivity contribution in [3.8, 4) is 5.75 Å². The summed E-state index contributed by atoms with van der Waals surface area (Å²) in [4.78, 5) is 12.6. The first-order valence-corrected chi connectivity index (χ1v) is 8.62. The Morgan fingerprint density at radius 3 is 2.91 bits per heavy atom. The largest absolute Gasteiger partial charge is 0.497 e. The molecule has 0 radical (unpaired) electrons. The molecule has 0 bridgehead atoms. The van der Waals surface area contributed by atoms with Crippen molar-refractivity contribution in [3.63, 3.8) is 0 Å². The van der Waals surface area contributed by atoms with Gasteiger partial charge in [-0.05, 0) is 67.9 Å². The third-order valence-corrected chi connectivity index (χ3v) is 6.54. The van der Waals surface area contributed by atoms with Gasteiger partial charge in [-0.3, -0.25) is 4.79 Å². The van der Waals surface area contributed by atoms with Crippen molar-refractivity contribution in [1.29, 1.82) is 0 Å². The lowest BCUT2D eigenvalue weighted by molar-refractivity contribution is -0.165. The zero-order chi connectivity index (χ0) is 16.2. The van der Waals surface area contributed by atoms with Gasteiger partial charge in [-0.1, -0.05) is 12.1 Å². The van der Waals surface area contributed by atoms with Gasteiger partial charge < -0.3 is 9.84 Å². The minimum atomic E-state index is -0.885. The van der Waals surface area contributed by atoms with Gasteiger partial charge in [0.25, 0.3) is 0 Å². The number of carbonyl (C=O) groups excluding carboxylic acids is 1. The number of methoxy groups -OCH3 is 1. The van der Waals surface area contributed by atoms with Crippen LogP contribution < -0.4 is 4.74 Å². The van der Waals surface area contributed by atoms with Gasteiger partial charge in [-0.2, -0.15) is 0 Å². The maximum atomic E-state index is 12.6. The van der Waals surface area contributed by atoms with E-state index >= 15 is 0 Å². The van der Waals surface area contributed by atoms with Gasteiger partial charge in [-0.15, -0.1) is 0 Å². The fourth-order valence-corrected chi connectivity index (χ4v) is 5.05. The number of carbonyl (C=O) groups is 1. The highest BCUT2D eigenvalue weighted by Crippen LogP contribution is 2.58. The van der Waals surface area contributed by atoms with Crippen LogP contribution in [0.25, 0.3) is 5.57 Å². The van der Waals surface area contributed by atoms with Gasteiger partial charge in [0.1, 0.15) is 11.5 Å². The molecule has 3 nitrogen and oxygen atoms in total. The van der Waals surface area contributed by atoms with E-state index in [0.717, 1.165) is 31.4 Å². The number of ketones is 1. The Morgan fingerprint density at radius 1 is 1.30 bits per heavy atom. The van der Waals surface area contributed by atoms with Crippen molar-refractivity contribution in [2.75, 3.05) is 7.11 Å². The van der Waals surface area contributed by atoms with E-state index in [-0.39, 0.29) is 11.7 Å². The summed E-state index contributed by atoms with van der Waals surface area (Å²) in [7, 11) is 1.69. The summed E-state index contributed by atoms with van der Waals surface area (Å²) in [6.07, 6.45) is 6.87. The second kappa shape index (κ2) is 4.94. The van der Waals surface area contributed by atoms with Gasteiger partial charge in [0, 0.05) is 12.3 Å². The monoisotopic (exact) mass is 312 g/mol. The Balaban J connectivity index is 1.82. The Labute approximate surface area is 137 Å². The first kappa shape index (κ1) is 14.9. The Bertz CT molecular complexity index is 705. The molecule has 1 aromatic carbocycles. The third kappa shape index (κ3) is 1.89. The van der Waals surface area contributed by atoms with Crippen LogP contribution >= 0.6 is 0 Å². The fraction of sp³-hybridized carbons (Fsp3) is 0.550. The van der Waals surface area contributed by atoms with E-state index in [4.69, 9.17) is 4.74 Å². The van der Waals surface area contributed by atoms with Crippen molar-refractivity contribution in [2.45, 2.75) is 51.0 Å².